The van der Waals surface area contributed by atoms with Crippen molar-refractivity contribution in [2.24, 2.45) is 7.05 Å². The van der Waals surface area contributed by atoms with Gasteiger partial charge in [0, 0.05) is 13.1 Å². The minimum Gasteiger partial charge on any atom is -0.447 e. The second-order valence-electron chi connectivity index (χ2n) is 5.06. The number of hydrogen-bond acceptors (Lipinski definition) is 3. The highest BCUT2D eigenvalue weighted by Crippen LogP contribution is 2.25. The first-order chi connectivity index (χ1) is 9.65. The lowest BCUT2D eigenvalue weighted by atomic mass is 10.1. The highest BCUT2D eigenvalue weighted by atomic mass is 16.6. The van der Waals surface area contributed by atoms with E-state index >= 15 is 0 Å². The number of benzene rings is 1. The Labute approximate surface area is 117 Å². The summed E-state index contributed by atoms with van der Waals surface area (Å²) in [5, 5.41) is 4.30. The Kier molecular flexibility index (Phi) is 3.18. The van der Waals surface area contributed by atoms with E-state index in [-0.39, 0.29) is 12.1 Å². The van der Waals surface area contributed by atoms with Crippen LogP contribution in [-0.2, 0) is 18.2 Å². The lowest BCUT2D eigenvalue weighted by Crippen LogP contribution is -2.36. The van der Waals surface area contributed by atoms with Crippen molar-refractivity contribution in [2.45, 2.75) is 19.4 Å². The van der Waals surface area contributed by atoms with Crippen molar-refractivity contribution in [2.75, 3.05) is 11.5 Å². The fraction of sp³-hybridized carbons (Fsp3) is 0.333. The Hall–Kier alpha value is -2.30. The van der Waals surface area contributed by atoms with Crippen LogP contribution in [0.4, 0.5) is 10.6 Å². The lowest BCUT2D eigenvalue weighted by Gasteiger charge is -2.21. The molecule has 0 bridgehead atoms. The van der Waals surface area contributed by atoms with Crippen molar-refractivity contribution in [3.05, 3.63) is 47.7 Å². The molecule has 104 valence electrons. The molecule has 1 atom stereocenters. The van der Waals surface area contributed by atoms with E-state index in [1.54, 1.807) is 9.58 Å². The van der Waals surface area contributed by atoms with Gasteiger partial charge in [0.05, 0.1) is 11.7 Å². The van der Waals surface area contributed by atoms with Crippen LogP contribution in [0.1, 0.15) is 11.3 Å². The van der Waals surface area contributed by atoms with Gasteiger partial charge in [0.15, 0.2) is 0 Å². The topological polar surface area (TPSA) is 47.4 Å². The Bertz CT molecular complexity index is 621. The van der Waals surface area contributed by atoms with E-state index in [9.17, 15) is 4.79 Å². The first-order valence-corrected chi connectivity index (χ1v) is 6.65. The van der Waals surface area contributed by atoms with Gasteiger partial charge < -0.3 is 4.74 Å². The Morgan fingerprint density at radius 3 is 2.75 bits per heavy atom. The van der Waals surface area contributed by atoms with Crippen molar-refractivity contribution < 1.29 is 9.53 Å². The van der Waals surface area contributed by atoms with Gasteiger partial charge in [0.25, 0.3) is 0 Å². The molecule has 1 amide bonds. The van der Waals surface area contributed by atoms with E-state index in [1.165, 1.54) is 5.56 Å². The van der Waals surface area contributed by atoms with Crippen LogP contribution in [0, 0.1) is 6.92 Å². The number of amides is 1. The number of nitrogens with zero attached hydrogens (tertiary/aromatic N) is 3. The normalized spacial score (nSPS) is 18.4. The third-order valence-corrected chi connectivity index (χ3v) is 3.50. The molecule has 2 heterocycles. The first kappa shape index (κ1) is 12.7. The summed E-state index contributed by atoms with van der Waals surface area (Å²) in [4.78, 5) is 13.7. The van der Waals surface area contributed by atoms with Gasteiger partial charge in [-0.05, 0) is 18.9 Å². The molecule has 1 aromatic carbocycles. The zero-order valence-corrected chi connectivity index (χ0v) is 11.6. The fourth-order valence-corrected chi connectivity index (χ4v) is 2.60. The van der Waals surface area contributed by atoms with Crippen molar-refractivity contribution in [3.63, 3.8) is 0 Å². The largest absolute Gasteiger partial charge is 0.447 e. The number of ether oxygens (including phenoxy) is 1. The molecule has 1 aliphatic rings. The summed E-state index contributed by atoms with van der Waals surface area (Å²) in [6.45, 7) is 2.33. The lowest BCUT2D eigenvalue weighted by molar-refractivity contribution is 0.178. The summed E-state index contributed by atoms with van der Waals surface area (Å²) in [5.41, 5.74) is 2.08. The molecule has 20 heavy (non-hydrogen) atoms. The monoisotopic (exact) mass is 271 g/mol. The van der Waals surface area contributed by atoms with Gasteiger partial charge in [-0.3, -0.25) is 9.58 Å². The molecule has 0 radical (unpaired) electrons. The number of carbonyl (C=O) groups excluding carboxylic acids is 1. The SMILES string of the molecule is Cc1cc(N2C(=O)OC[C@@H]2Cc2ccccc2)n(C)n1. The van der Waals surface area contributed by atoms with E-state index in [2.05, 4.69) is 17.2 Å². The van der Waals surface area contributed by atoms with Crippen LogP contribution in [0.5, 0.6) is 0 Å². The summed E-state index contributed by atoms with van der Waals surface area (Å²) in [5.74, 6) is 0.783. The number of aromatic nitrogens is 2. The van der Waals surface area contributed by atoms with Crippen molar-refractivity contribution >= 4 is 11.9 Å². The predicted octanol–water partition coefficient (Wildman–Crippen LogP) is 2.30. The molecule has 0 N–H and O–H groups in total. The number of hydrogen-bond donors (Lipinski definition) is 0. The molecule has 5 heteroatoms. The van der Waals surface area contributed by atoms with Gasteiger partial charge in [-0.1, -0.05) is 30.3 Å². The molecule has 3 rings (SSSR count). The number of aryl methyl sites for hydroxylation is 2. The zero-order chi connectivity index (χ0) is 14.1. The van der Waals surface area contributed by atoms with Crippen LogP contribution in [0.25, 0.3) is 0 Å². The average molecular weight is 271 g/mol. The summed E-state index contributed by atoms with van der Waals surface area (Å²) in [6.07, 6.45) is 0.477. The smallest absolute Gasteiger partial charge is 0.415 e. The summed E-state index contributed by atoms with van der Waals surface area (Å²) >= 11 is 0. The maximum atomic E-state index is 12.0. The standard InChI is InChI=1S/C15H17N3O2/c1-11-8-14(17(2)16-11)18-13(10-20-15(18)19)9-12-6-4-3-5-7-12/h3-8,13H,9-10H2,1-2H3/t13-/m0/s1. The minimum absolute atomic E-state index is 0.0136. The zero-order valence-electron chi connectivity index (χ0n) is 11.6. The van der Waals surface area contributed by atoms with Crippen molar-refractivity contribution in [1.29, 1.82) is 0 Å². The molecule has 1 saturated heterocycles. The van der Waals surface area contributed by atoms with Crippen LogP contribution < -0.4 is 4.90 Å². The fourth-order valence-electron chi connectivity index (χ4n) is 2.60. The van der Waals surface area contributed by atoms with Crippen LogP contribution >= 0.6 is 0 Å². The quantitative estimate of drug-likeness (QED) is 0.860. The second kappa shape index (κ2) is 5.00. The third kappa shape index (κ3) is 2.27. The van der Waals surface area contributed by atoms with E-state index in [0.29, 0.717) is 6.61 Å². The number of cyclic esters (lactones) is 1. The Balaban J connectivity index is 1.87. The maximum absolute atomic E-state index is 12.0. The Morgan fingerprint density at radius 2 is 2.10 bits per heavy atom. The second-order valence-corrected chi connectivity index (χ2v) is 5.06. The molecular weight excluding hydrogens is 254 g/mol. The summed E-state index contributed by atoms with van der Waals surface area (Å²) < 4.78 is 6.94. The van der Waals surface area contributed by atoms with Gasteiger partial charge in [0.1, 0.15) is 12.4 Å². The predicted molar refractivity (Wildman–Crippen MR) is 75.7 cm³/mol. The molecule has 0 unspecified atom stereocenters. The summed E-state index contributed by atoms with van der Waals surface area (Å²) in [7, 11) is 1.84. The Morgan fingerprint density at radius 1 is 1.35 bits per heavy atom. The van der Waals surface area contributed by atoms with Crippen LogP contribution in [-0.4, -0.2) is 28.5 Å². The van der Waals surface area contributed by atoms with Crippen molar-refractivity contribution in [3.8, 4) is 0 Å². The molecule has 1 fully saturated rings. The molecule has 2 aromatic rings. The average Bonchev–Trinajstić information content (AvgIpc) is 2.94. The summed E-state index contributed by atoms with van der Waals surface area (Å²) in [6, 6.07) is 12.0. The van der Waals surface area contributed by atoms with Crippen molar-refractivity contribution in [1.82, 2.24) is 9.78 Å². The van der Waals surface area contributed by atoms with Gasteiger partial charge in [-0.15, -0.1) is 0 Å². The highest BCUT2D eigenvalue weighted by molar-refractivity contribution is 5.89. The van der Waals surface area contributed by atoms with Gasteiger partial charge >= 0.3 is 6.09 Å². The number of anilines is 1. The molecule has 1 aliphatic heterocycles. The maximum Gasteiger partial charge on any atom is 0.415 e. The van der Waals surface area contributed by atoms with Crippen LogP contribution in [0.3, 0.4) is 0 Å². The molecule has 1 aromatic heterocycles. The highest BCUT2D eigenvalue weighted by Gasteiger charge is 2.36. The van der Waals surface area contributed by atoms with E-state index < -0.39 is 0 Å². The first-order valence-electron chi connectivity index (χ1n) is 6.65. The van der Waals surface area contributed by atoms with Gasteiger partial charge in [-0.25, -0.2) is 4.79 Å². The number of rotatable bonds is 3. The van der Waals surface area contributed by atoms with Gasteiger partial charge in [0.2, 0.25) is 0 Å². The van der Waals surface area contributed by atoms with Crippen LogP contribution in [0.2, 0.25) is 0 Å². The molecule has 5 nitrogen and oxygen atoms in total. The van der Waals surface area contributed by atoms with Crippen LogP contribution in [0.15, 0.2) is 36.4 Å². The minimum atomic E-state index is -0.297. The third-order valence-electron chi connectivity index (χ3n) is 3.50. The van der Waals surface area contributed by atoms with E-state index in [4.69, 9.17) is 4.74 Å². The van der Waals surface area contributed by atoms with E-state index in [0.717, 1.165) is 17.9 Å². The molecule has 0 saturated carbocycles. The molecule has 0 aliphatic carbocycles. The number of carbonyl (C=O) groups is 1. The van der Waals surface area contributed by atoms with Gasteiger partial charge in [-0.2, -0.15) is 5.10 Å². The van der Waals surface area contributed by atoms with E-state index in [1.807, 2.05) is 38.2 Å². The molecule has 0 spiro atoms. The molecular formula is C15H17N3O2.